The highest BCUT2D eigenvalue weighted by Gasteiger charge is 1.84. The van der Waals surface area contributed by atoms with E-state index in [1.807, 2.05) is 0 Å². The quantitative estimate of drug-likeness (QED) is 0.457. The van der Waals surface area contributed by atoms with Crippen LogP contribution in [0.1, 0.15) is 26.2 Å². The van der Waals surface area contributed by atoms with Crippen LogP contribution in [0.25, 0.3) is 0 Å². The minimum Gasteiger partial charge on any atom is -0.386 e. The molecule has 0 fully saturated rings. The maximum absolute atomic E-state index is 8.33. The van der Waals surface area contributed by atoms with Crippen molar-refractivity contribution >= 4 is 11.8 Å². The zero-order valence-corrected chi connectivity index (χ0v) is 6.21. The fraction of sp³-hybridized carbons (Fsp3) is 1.00. The fourth-order valence-corrected chi connectivity index (χ4v) is 1.06. The predicted octanol–water partition coefficient (Wildman–Crippen LogP) is 1.86. The molecule has 0 saturated heterocycles. The van der Waals surface area contributed by atoms with Gasteiger partial charge in [0.1, 0.15) is 0 Å². The van der Waals surface area contributed by atoms with Gasteiger partial charge in [0.25, 0.3) is 0 Å². The van der Waals surface area contributed by atoms with E-state index in [1.165, 1.54) is 19.3 Å². The molecular weight excluding hydrogens is 120 g/mol. The van der Waals surface area contributed by atoms with Crippen LogP contribution >= 0.6 is 11.8 Å². The second-order valence-electron chi connectivity index (χ2n) is 1.74. The van der Waals surface area contributed by atoms with Crippen molar-refractivity contribution < 1.29 is 5.11 Å². The lowest BCUT2D eigenvalue weighted by Gasteiger charge is -1.93. The van der Waals surface area contributed by atoms with Gasteiger partial charge < -0.3 is 5.11 Å². The van der Waals surface area contributed by atoms with Crippen molar-refractivity contribution in [1.82, 2.24) is 0 Å². The molecular formula is C6H14OS. The van der Waals surface area contributed by atoms with E-state index in [9.17, 15) is 0 Å². The largest absolute Gasteiger partial charge is 0.386 e. The Hall–Kier alpha value is 0.310. The van der Waals surface area contributed by atoms with Crippen molar-refractivity contribution in [3.63, 3.8) is 0 Å². The van der Waals surface area contributed by atoms with Crippen LogP contribution in [0.15, 0.2) is 0 Å². The van der Waals surface area contributed by atoms with Gasteiger partial charge in [-0.25, -0.2) is 0 Å². The Bertz CT molecular complexity index is 33.5. The SMILES string of the molecule is CCCCCSCO. The van der Waals surface area contributed by atoms with Crippen molar-refractivity contribution in [2.45, 2.75) is 26.2 Å². The van der Waals surface area contributed by atoms with Crippen LogP contribution in [0.3, 0.4) is 0 Å². The highest BCUT2D eigenvalue weighted by atomic mass is 32.2. The van der Waals surface area contributed by atoms with Gasteiger partial charge in [0.15, 0.2) is 0 Å². The van der Waals surface area contributed by atoms with Gasteiger partial charge in [0.05, 0.1) is 5.94 Å². The van der Waals surface area contributed by atoms with Crippen LogP contribution in [0, 0.1) is 0 Å². The van der Waals surface area contributed by atoms with E-state index >= 15 is 0 Å². The fourth-order valence-electron chi connectivity index (χ4n) is 0.519. The molecule has 0 aliphatic rings. The lowest BCUT2D eigenvalue weighted by atomic mass is 10.3. The first-order chi connectivity index (χ1) is 3.91. The van der Waals surface area contributed by atoms with E-state index in [4.69, 9.17) is 5.11 Å². The first kappa shape index (κ1) is 8.31. The molecule has 0 amide bonds. The van der Waals surface area contributed by atoms with Crippen LogP contribution < -0.4 is 0 Å². The third-order valence-corrected chi connectivity index (χ3v) is 1.74. The zero-order chi connectivity index (χ0) is 6.24. The molecule has 0 aromatic rings. The summed E-state index contributed by atoms with van der Waals surface area (Å²) in [6, 6.07) is 0. The Morgan fingerprint density at radius 3 is 2.62 bits per heavy atom. The van der Waals surface area contributed by atoms with Crippen molar-refractivity contribution in [3.05, 3.63) is 0 Å². The van der Waals surface area contributed by atoms with Crippen molar-refractivity contribution in [2.24, 2.45) is 0 Å². The summed E-state index contributed by atoms with van der Waals surface area (Å²) in [4.78, 5) is 0. The second-order valence-corrected chi connectivity index (χ2v) is 2.82. The molecule has 1 nitrogen and oxygen atoms in total. The lowest BCUT2D eigenvalue weighted by molar-refractivity contribution is 0.375. The van der Waals surface area contributed by atoms with Gasteiger partial charge in [0, 0.05) is 0 Å². The number of aliphatic hydroxyl groups is 1. The van der Waals surface area contributed by atoms with Gasteiger partial charge in [-0.05, 0) is 12.2 Å². The first-order valence-corrected chi connectivity index (χ1v) is 4.26. The third kappa shape index (κ3) is 6.31. The van der Waals surface area contributed by atoms with Crippen molar-refractivity contribution in [1.29, 1.82) is 0 Å². The Morgan fingerprint density at radius 2 is 2.12 bits per heavy atom. The van der Waals surface area contributed by atoms with Gasteiger partial charge in [0.2, 0.25) is 0 Å². The molecule has 1 N–H and O–H groups in total. The highest BCUT2D eigenvalue weighted by molar-refractivity contribution is 7.99. The minimum atomic E-state index is 0.281. The second kappa shape index (κ2) is 7.31. The molecule has 2 heteroatoms. The van der Waals surface area contributed by atoms with E-state index in [0.717, 1.165) is 5.75 Å². The Kier molecular flexibility index (Phi) is 7.59. The monoisotopic (exact) mass is 134 g/mol. The average molecular weight is 134 g/mol. The summed E-state index contributed by atoms with van der Waals surface area (Å²) in [5.74, 6) is 1.40. The standard InChI is InChI=1S/C6H14OS/c1-2-3-4-5-8-6-7/h7H,2-6H2,1H3. The highest BCUT2D eigenvalue weighted by Crippen LogP contribution is 2.03. The van der Waals surface area contributed by atoms with Crippen LogP contribution in [0.4, 0.5) is 0 Å². The molecule has 8 heavy (non-hydrogen) atoms. The van der Waals surface area contributed by atoms with Crippen molar-refractivity contribution in [3.8, 4) is 0 Å². The van der Waals surface area contributed by atoms with Gasteiger partial charge in [-0.2, -0.15) is 0 Å². The molecule has 0 unspecified atom stereocenters. The summed E-state index contributed by atoms with van der Waals surface area (Å²) in [6.07, 6.45) is 3.82. The molecule has 0 saturated carbocycles. The molecule has 0 aliphatic heterocycles. The number of aliphatic hydroxyl groups excluding tert-OH is 1. The van der Waals surface area contributed by atoms with E-state index in [0.29, 0.717) is 0 Å². The molecule has 0 atom stereocenters. The Morgan fingerprint density at radius 1 is 1.38 bits per heavy atom. The number of hydrogen-bond acceptors (Lipinski definition) is 2. The number of thioether (sulfide) groups is 1. The van der Waals surface area contributed by atoms with Crippen LogP contribution in [-0.4, -0.2) is 16.8 Å². The summed E-state index contributed by atoms with van der Waals surface area (Å²) in [5, 5.41) is 8.33. The summed E-state index contributed by atoms with van der Waals surface area (Å²) < 4.78 is 0. The van der Waals surface area contributed by atoms with E-state index < -0.39 is 0 Å². The lowest BCUT2D eigenvalue weighted by Crippen LogP contribution is -1.80. The maximum atomic E-state index is 8.33. The topological polar surface area (TPSA) is 20.2 Å². The molecule has 0 aliphatic carbocycles. The van der Waals surface area contributed by atoms with Gasteiger partial charge in [-0.1, -0.05) is 19.8 Å². The normalized spacial score (nSPS) is 9.75. The molecule has 50 valence electrons. The molecule has 0 heterocycles. The molecule has 0 aromatic carbocycles. The zero-order valence-electron chi connectivity index (χ0n) is 5.39. The molecule has 0 radical (unpaired) electrons. The number of hydrogen-bond donors (Lipinski definition) is 1. The summed E-state index contributed by atoms with van der Waals surface area (Å²) in [5.41, 5.74) is 0. The summed E-state index contributed by atoms with van der Waals surface area (Å²) >= 11 is 1.60. The van der Waals surface area contributed by atoms with E-state index in [2.05, 4.69) is 6.92 Å². The maximum Gasteiger partial charge on any atom is 0.0885 e. The molecule has 0 aromatic heterocycles. The molecule has 0 spiro atoms. The smallest absolute Gasteiger partial charge is 0.0885 e. The van der Waals surface area contributed by atoms with E-state index in [-0.39, 0.29) is 5.94 Å². The van der Waals surface area contributed by atoms with Gasteiger partial charge >= 0.3 is 0 Å². The van der Waals surface area contributed by atoms with E-state index in [1.54, 1.807) is 11.8 Å². The van der Waals surface area contributed by atoms with Gasteiger partial charge in [-0.3, -0.25) is 0 Å². The third-order valence-electron chi connectivity index (χ3n) is 0.984. The average Bonchev–Trinajstić information content (AvgIpc) is 1.81. The summed E-state index contributed by atoms with van der Waals surface area (Å²) in [6.45, 7) is 2.18. The molecule has 0 rings (SSSR count). The molecule has 0 bridgehead atoms. The number of rotatable bonds is 5. The van der Waals surface area contributed by atoms with Crippen LogP contribution in [0.5, 0.6) is 0 Å². The Labute approximate surface area is 55.5 Å². The Balaban J connectivity index is 2.53. The first-order valence-electron chi connectivity index (χ1n) is 3.10. The van der Waals surface area contributed by atoms with Crippen LogP contribution in [-0.2, 0) is 0 Å². The van der Waals surface area contributed by atoms with Gasteiger partial charge in [-0.15, -0.1) is 11.8 Å². The van der Waals surface area contributed by atoms with Crippen molar-refractivity contribution in [2.75, 3.05) is 11.7 Å². The summed E-state index contributed by atoms with van der Waals surface area (Å²) in [7, 11) is 0. The number of unbranched alkanes of at least 4 members (excludes halogenated alkanes) is 2. The van der Waals surface area contributed by atoms with Crippen LogP contribution in [0.2, 0.25) is 0 Å². The predicted molar refractivity (Wildman–Crippen MR) is 39.1 cm³/mol. The minimum absolute atomic E-state index is 0.281.